The van der Waals surface area contributed by atoms with E-state index in [9.17, 15) is 4.39 Å². The summed E-state index contributed by atoms with van der Waals surface area (Å²) >= 11 is 8.44. The Morgan fingerprint density at radius 2 is 1.85 bits per heavy atom. The van der Waals surface area contributed by atoms with Gasteiger partial charge in [0.05, 0.1) is 5.69 Å². The average molecular weight is 353 g/mol. The number of aryl methyl sites for hydroxylation is 1. The summed E-state index contributed by atoms with van der Waals surface area (Å²) in [7, 11) is 0. The molecule has 0 radical (unpaired) electrons. The lowest BCUT2D eigenvalue weighted by atomic mass is 10.1. The van der Waals surface area contributed by atoms with Crippen LogP contribution in [0.15, 0.2) is 46.9 Å². The molecule has 0 aliphatic carbocycles. The SMILES string of the molecule is CCc1ccccc1NC(=S)Nc1ccc(Br)cc1F. The van der Waals surface area contributed by atoms with E-state index < -0.39 is 0 Å². The van der Waals surface area contributed by atoms with Gasteiger partial charge in [0.15, 0.2) is 5.11 Å². The van der Waals surface area contributed by atoms with Crippen molar-refractivity contribution in [1.82, 2.24) is 0 Å². The molecule has 0 fully saturated rings. The van der Waals surface area contributed by atoms with Crippen LogP contribution < -0.4 is 10.6 Å². The van der Waals surface area contributed by atoms with Crippen LogP contribution in [-0.4, -0.2) is 5.11 Å². The van der Waals surface area contributed by atoms with E-state index in [1.807, 2.05) is 24.3 Å². The summed E-state index contributed by atoms with van der Waals surface area (Å²) in [5.41, 5.74) is 2.44. The number of anilines is 2. The number of hydrogen-bond acceptors (Lipinski definition) is 1. The van der Waals surface area contributed by atoms with Gasteiger partial charge in [-0.05, 0) is 48.5 Å². The molecule has 2 aromatic carbocycles. The van der Waals surface area contributed by atoms with Crippen molar-refractivity contribution >= 4 is 44.6 Å². The van der Waals surface area contributed by atoms with Crippen molar-refractivity contribution in [3.8, 4) is 0 Å². The molecule has 0 atom stereocenters. The molecule has 20 heavy (non-hydrogen) atoms. The smallest absolute Gasteiger partial charge is 0.175 e. The van der Waals surface area contributed by atoms with Gasteiger partial charge >= 0.3 is 0 Å². The Morgan fingerprint density at radius 1 is 1.15 bits per heavy atom. The molecule has 2 N–H and O–H groups in total. The van der Waals surface area contributed by atoms with Crippen molar-refractivity contribution in [3.63, 3.8) is 0 Å². The second-order valence-corrected chi connectivity index (χ2v) is 5.54. The van der Waals surface area contributed by atoms with E-state index in [2.05, 4.69) is 33.5 Å². The number of nitrogens with one attached hydrogen (secondary N) is 2. The maximum absolute atomic E-state index is 13.7. The lowest BCUT2D eigenvalue weighted by Crippen LogP contribution is -2.20. The largest absolute Gasteiger partial charge is 0.332 e. The highest BCUT2D eigenvalue weighted by molar-refractivity contribution is 9.10. The van der Waals surface area contributed by atoms with Crippen LogP contribution in [0.25, 0.3) is 0 Å². The second kappa shape index (κ2) is 6.81. The van der Waals surface area contributed by atoms with Crippen LogP contribution in [0.3, 0.4) is 0 Å². The highest BCUT2D eigenvalue weighted by atomic mass is 79.9. The molecule has 0 aromatic heterocycles. The molecule has 0 bridgehead atoms. The van der Waals surface area contributed by atoms with Crippen molar-refractivity contribution in [2.75, 3.05) is 10.6 Å². The highest BCUT2D eigenvalue weighted by Gasteiger charge is 2.06. The number of para-hydroxylation sites is 1. The first-order chi connectivity index (χ1) is 9.60. The predicted molar refractivity (Wildman–Crippen MR) is 89.8 cm³/mol. The van der Waals surface area contributed by atoms with Gasteiger partial charge in [-0.25, -0.2) is 4.39 Å². The topological polar surface area (TPSA) is 24.1 Å². The number of hydrogen-bond donors (Lipinski definition) is 2. The number of rotatable bonds is 3. The van der Waals surface area contributed by atoms with E-state index in [4.69, 9.17) is 12.2 Å². The van der Waals surface area contributed by atoms with Gasteiger partial charge in [-0.3, -0.25) is 0 Å². The normalized spacial score (nSPS) is 10.2. The van der Waals surface area contributed by atoms with Crippen LogP contribution in [-0.2, 0) is 6.42 Å². The second-order valence-electron chi connectivity index (χ2n) is 4.21. The molecular weight excluding hydrogens is 339 g/mol. The Labute approximate surface area is 131 Å². The Balaban J connectivity index is 2.09. The minimum absolute atomic E-state index is 0.347. The van der Waals surface area contributed by atoms with Gasteiger partial charge in [-0.15, -0.1) is 0 Å². The molecule has 2 aromatic rings. The van der Waals surface area contributed by atoms with Gasteiger partial charge < -0.3 is 10.6 Å². The predicted octanol–water partition coefficient (Wildman–Crippen LogP) is 4.96. The third-order valence-corrected chi connectivity index (χ3v) is 3.52. The van der Waals surface area contributed by atoms with Crippen LogP contribution in [0.5, 0.6) is 0 Å². The first kappa shape index (κ1) is 14.9. The fraction of sp³-hybridized carbons (Fsp3) is 0.133. The standard InChI is InChI=1S/C15H14BrFN2S/c1-2-10-5-3-4-6-13(10)18-15(20)19-14-8-7-11(16)9-12(14)17/h3-9H,2H2,1H3,(H2,18,19,20). The summed E-state index contributed by atoms with van der Waals surface area (Å²) in [6.45, 7) is 2.07. The van der Waals surface area contributed by atoms with Crippen LogP contribution in [0, 0.1) is 5.82 Å². The maximum Gasteiger partial charge on any atom is 0.175 e. The van der Waals surface area contributed by atoms with Gasteiger partial charge in [-0.2, -0.15) is 0 Å². The third kappa shape index (κ3) is 3.77. The summed E-state index contributed by atoms with van der Waals surface area (Å²) in [6, 6.07) is 12.7. The molecule has 2 nitrogen and oxygen atoms in total. The Bertz CT molecular complexity index is 631. The zero-order valence-corrected chi connectivity index (χ0v) is 13.3. The fourth-order valence-corrected chi connectivity index (χ4v) is 2.37. The Hall–Kier alpha value is -1.46. The zero-order valence-electron chi connectivity index (χ0n) is 10.9. The van der Waals surface area contributed by atoms with E-state index in [1.54, 1.807) is 12.1 Å². The number of benzene rings is 2. The Kier molecular flexibility index (Phi) is 5.09. The molecule has 0 aliphatic rings. The highest BCUT2D eigenvalue weighted by Crippen LogP contribution is 2.20. The third-order valence-electron chi connectivity index (χ3n) is 2.83. The van der Waals surface area contributed by atoms with Gasteiger partial charge in [0.25, 0.3) is 0 Å². The van der Waals surface area contributed by atoms with Gasteiger partial charge in [0.2, 0.25) is 0 Å². The number of thiocarbonyl (C=S) groups is 1. The summed E-state index contributed by atoms with van der Waals surface area (Å²) in [6.07, 6.45) is 0.901. The van der Waals surface area contributed by atoms with Gasteiger partial charge in [-0.1, -0.05) is 41.1 Å². The van der Waals surface area contributed by atoms with Crippen LogP contribution >= 0.6 is 28.1 Å². The quantitative estimate of drug-likeness (QED) is 0.763. The van der Waals surface area contributed by atoms with Gasteiger partial charge in [0, 0.05) is 10.2 Å². The summed E-state index contributed by atoms with van der Waals surface area (Å²) < 4.78 is 14.4. The minimum atomic E-state index is -0.354. The first-order valence-corrected chi connectivity index (χ1v) is 7.41. The monoisotopic (exact) mass is 352 g/mol. The molecule has 5 heteroatoms. The lowest BCUT2D eigenvalue weighted by molar-refractivity contribution is 0.631. The molecule has 0 amide bonds. The molecule has 0 saturated heterocycles. The lowest BCUT2D eigenvalue weighted by Gasteiger charge is -2.13. The van der Waals surface area contributed by atoms with E-state index in [1.165, 1.54) is 6.07 Å². The molecule has 0 saturated carbocycles. The van der Waals surface area contributed by atoms with E-state index >= 15 is 0 Å². The molecule has 0 spiro atoms. The van der Waals surface area contributed by atoms with Crippen molar-refractivity contribution in [2.24, 2.45) is 0 Å². The van der Waals surface area contributed by atoms with Crippen molar-refractivity contribution < 1.29 is 4.39 Å². The first-order valence-electron chi connectivity index (χ1n) is 6.21. The van der Waals surface area contributed by atoms with E-state index in [0.717, 1.165) is 17.7 Å². The zero-order chi connectivity index (χ0) is 14.5. The summed E-state index contributed by atoms with van der Waals surface area (Å²) in [5, 5.41) is 6.32. The maximum atomic E-state index is 13.7. The molecule has 0 unspecified atom stereocenters. The minimum Gasteiger partial charge on any atom is -0.332 e. The van der Waals surface area contributed by atoms with Crippen molar-refractivity contribution in [1.29, 1.82) is 0 Å². The van der Waals surface area contributed by atoms with Crippen LogP contribution in [0.4, 0.5) is 15.8 Å². The van der Waals surface area contributed by atoms with E-state index in [0.29, 0.717) is 15.3 Å². The summed E-state index contributed by atoms with van der Waals surface area (Å²) in [5.74, 6) is -0.354. The molecule has 0 aliphatic heterocycles. The average Bonchev–Trinajstić information content (AvgIpc) is 2.42. The molecule has 0 heterocycles. The van der Waals surface area contributed by atoms with Crippen molar-refractivity contribution in [2.45, 2.75) is 13.3 Å². The fourth-order valence-electron chi connectivity index (χ4n) is 1.82. The van der Waals surface area contributed by atoms with E-state index in [-0.39, 0.29) is 5.82 Å². The molecular formula is C15H14BrFN2S. The molecule has 2 rings (SSSR count). The molecule has 104 valence electrons. The van der Waals surface area contributed by atoms with Crippen molar-refractivity contribution in [3.05, 3.63) is 58.3 Å². The van der Waals surface area contributed by atoms with Gasteiger partial charge in [0.1, 0.15) is 5.82 Å². The van der Waals surface area contributed by atoms with Crippen LogP contribution in [0.1, 0.15) is 12.5 Å². The number of halogens is 2. The summed E-state index contributed by atoms with van der Waals surface area (Å²) in [4.78, 5) is 0. The van der Waals surface area contributed by atoms with Crippen LogP contribution in [0.2, 0.25) is 0 Å². The Morgan fingerprint density at radius 3 is 2.55 bits per heavy atom.